The van der Waals surface area contributed by atoms with Crippen molar-refractivity contribution in [2.24, 2.45) is 11.1 Å². The highest BCUT2D eigenvalue weighted by atomic mass is 19.1. The normalized spacial score (nSPS) is 12.3. The molecule has 0 aliphatic heterocycles. The summed E-state index contributed by atoms with van der Waals surface area (Å²) in [7, 11) is 0. The minimum atomic E-state index is -0.415. The van der Waals surface area contributed by atoms with Gasteiger partial charge < -0.3 is 4.90 Å². The molecule has 0 heterocycles. The molecule has 0 radical (unpaired) electrons. The van der Waals surface area contributed by atoms with Crippen LogP contribution in [0.2, 0.25) is 0 Å². The van der Waals surface area contributed by atoms with Gasteiger partial charge in [0.25, 0.3) is 0 Å². The SMILES string of the molecule is C=C(CCN(CCC)CCCCCCC(C)CCC)c1ccc(N=O)cc1F. The van der Waals surface area contributed by atoms with Crippen molar-refractivity contribution in [1.82, 2.24) is 4.90 Å². The molecule has 1 atom stereocenters. The highest BCUT2D eigenvalue weighted by Gasteiger charge is 2.10. The Labute approximate surface area is 171 Å². The van der Waals surface area contributed by atoms with Crippen LogP contribution in [0.1, 0.15) is 84.1 Å². The van der Waals surface area contributed by atoms with E-state index in [-0.39, 0.29) is 5.69 Å². The second-order valence-corrected chi connectivity index (χ2v) is 8.05. The summed E-state index contributed by atoms with van der Waals surface area (Å²) in [5.41, 5.74) is 1.39. The van der Waals surface area contributed by atoms with Crippen LogP contribution in [-0.2, 0) is 0 Å². The topological polar surface area (TPSA) is 32.7 Å². The van der Waals surface area contributed by atoms with Gasteiger partial charge in [-0.3, -0.25) is 0 Å². The zero-order valence-electron chi connectivity index (χ0n) is 18.2. The van der Waals surface area contributed by atoms with Crippen LogP contribution in [0.3, 0.4) is 0 Å². The van der Waals surface area contributed by atoms with E-state index in [1.54, 1.807) is 12.1 Å². The molecule has 1 rings (SSSR count). The second kappa shape index (κ2) is 14.4. The Hall–Kier alpha value is -1.55. The van der Waals surface area contributed by atoms with Crippen molar-refractivity contribution in [3.8, 4) is 0 Å². The fraction of sp³-hybridized carbons (Fsp3) is 0.667. The van der Waals surface area contributed by atoms with Gasteiger partial charge in [0.15, 0.2) is 0 Å². The van der Waals surface area contributed by atoms with Gasteiger partial charge in [0.1, 0.15) is 11.5 Å². The second-order valence-electron chi connectivity index (χ2n) is 8.05. The van der Waals surface area contributed by atoms with Gasteiger partial charge in [-0.2, -0.15) is 0 Å². The van der Waals surface area contributed by atoms with Crippen molar-refractivity contribution in [1.29, 1.82) is 0 Å². The van der Waals surface area contributed by atoms with Crippen molar-refractivity contribution in [2.45, 2.75) is 78.6 Å². The molecule has 1 aromatic carbocycles. The molecule has 0 N–H and O–H groups in total. The van der Waals surface area contributed by atoms with Crippen LogP contribution in [0.25, 0.3) is 5.57 Å². The van der Waals surface area contributed by atoms with Gasteiger partial charge in [-0.05, 0) is 61.2 Å². The number of hydrogen-bond acceptors (Lipinski definition) is 3. The predicted molar refractivity (Wildman–Crippen MR) is 119 cm³/mol. The van der Waals surface area contributed by atoms with E-state index in [0.29, 0.717) is 5.56 Å². The van der Waals surface area contributed by atoms with Crippen molar-refractivity contribution in [2.75, 3.05) is 19.6 Å². The zero-order chi connectivity index (χ0) is 20.8. The molecule has 0 saturated heterocycles. The van der Waals surface area contributed by atoms with E-state index in [0.717, 1.165) is 44.0 Å². The predicted octanol–water partition coefficient (Wildman–Crippen LogP) is 7.73. The smallest absolute Gasteiger partial charge is 0.132 e. The lowest BCUT2D eigenvalue weighted by Crippen LogP contribution is -2.27. The summed E-state index contributed by atoms with van der Waals surface area (Å²) in [5.74, 6) is 0.450. The molecule has 4 heteroatoms. The van der Waals surface area contributed by atoms with Crippen molar-refractivity contribution < 1.29 is 4.39 Å². The van der Waals surface area contributed by atoms with Gasteiger partial charge in [0.2, 0.25) is 0 Å². The van der Waals surface area contributed by atoms with Crippen LogP contribution in [0.4, 0.5) is 10.1 Å². The fourth-order valence-electron chi connectivity index (χ4n) is 3.75. The summed E-state index contributed by atoms with van der Waals surface area (Å²) in [4.78, 5) is 13.0. The number of hydrogen-bond donors (Lipinski definition) is 0. The Bertz CT molecular complexity index is 588. The lowest BCUT2D eigenvalue weighted by Gasteiger charge is -2.22. The average molecular weight is 391 g/mol. The Morgan fingerprint density at radius 2 is 1.82 bits per heavy atom. The molecule has 1 unspecified atom stereocenters. The van der Waals surface area contributed by atoms with Crippen LogP contribution in [0, 0.1) is 16.6 Å². The average Bonchev–Trinajstić information content (AvgIpc) is 2.68. The highest BCUT2D eigenvalue weighted by Crippen LogP contribution is 2.24. The van der Waals surface area contributed by atoms with Crippen LogP contribution in [0.5, 0.6) is 0 Å². The molecule has 0 saturated carbocycles. The summed E-state index contributed by atoms with van der Waals surface area (Å²) in [6.45, 7) is 13.9. The molecule has 0 amide bonds. The van der Waals surface area contributed by atoms with Crippen LogP contribution >= 0.6 is 0 Å². The van der Waals surface area contributed by atoms with Gasteiger partial charge in [0, 0.05) is 18.2 Å². The third-order valence-electron chi connectivity index (χ3n) is 5.41. The minimum Gasteiger partial charge on any atom is -0.303 e. The van der Waals surface area contributed by atoms with Crippen molar-refractivity contribution in [3.63, 3.8) is 0 Å². The quantitative estimate of drug-likeness (QED) is 0.214. The van der Waals surface area contributed by atoms with Crippen LogP contribution < -0.4 is 0 Å². The van der Waals surface area contributed by atoms with Gasteiger partial charge in [0.05, 0.1) is 0 Å². The van der Waals surface area contributed by atoms with Crippen LogP contribution in [-0.4, -0.2) is 24.5 Å². The number of nitroso groups, excluding NO2 is 1. The summed E-state index contributed by atoms with van der Waals surface area (Å²) < 4.78 is 14.1. The molecule has 158 valence electrons. The first-order valence-electron chi connectivity index (χ1n) is 11.0. The Morgan fingerprint density at radius 1 is 1.07 bits per heavy atom. The van der Waals surface area contributed by atoms with Gasteiger partial charge in [-0.1, -0.05) is 65.9 Å². The number of benzene rings is 1. The Balaban J connectivity index is 2.34. The van der Waals surface area contributed by atoms with E-state index >= 15 is 0 Å². The third kappa shape index (κ3) is 9.59. The van der Waals surface area contributed by atoms with Crippen LogP contribution in [0.15, 0.2) is 30.0 Å². The first-order chi connectivity index (χ1) is 13.5. The van der Waals surface area contributed by atoms with E-state index in [9.17, 15) is 9.30 Å². The standard InChI is InChI=1S/C24H39FN2O/c1-5-11-20(3)12-9-7-8-10-17-27(16-6-2)18-15-21(4)23-14-13-22(26-28)19-24(23)25/h13-14,19-20H,4-12,15-18H2,1-3H3. The summed E-state index contributed by atoms with van der Waals surface area (Å²) in [5, 5.41) is 2.78. The molecule has 1 aromatic rings. The molecule has 0 aliphatic carbocycles. The van der Waals surface area contributed by atoms with Crippen molar-refractivity contribution >= 4 is 11.3 Å². The van der Waals surface area contributed by atoms with E-state index in [1.165, 1.54) is 51.0 Å². The number of halogens is 1. The fourth-order valence-corrected chi connectivity index (χ4v) is 3.75. The molecular formula is C24H39FN2O. The first kappa shape index (κ1) is 24.5. The van der Waals surface area contributed by atoms with Crippen molar-refractivity contribution in [3.05, 3.63) is 41.1 Å². The molecule has 3 nitrogen and oxygen atoms in total. The largest absolute Gasteiger partial charge is 0.303 e. The van der Waals surface area contributed by atoms with E-state index in [2.05, 4.69) is 37.4 Å². The highest BCUT2D eigenvalue weighted by molar-refractivity contribution is 5.65. The van der Waals surface area contributed by atoms with E-state index in [4.69, 9.17) is 0 Å². The molecule has 0 spiro atoms. The maximum absolute atomic E-state index is 14.1. The Morgan fingerprint density at radius 3 is 2.46 bits per heavy atom. The molecule has 28 heavy (non-hydrogen) atoms. The molecular weight excluding hydrogens is 351 g/mol. The van der Waals surface area contributed by atoms with Gasteiger partial charge in [-0.15, -0.1) is 4.91 Å². The van der Waals surface area contributed by atoms with E-state index in [1.807, 2.05) is 0 Å². The van der Waals surface area contributed by atoms with Gasteiger partial charge in [-0.25, -0.2) is 4.39 Å². The maximum Gasteiger partial charge on any atom is 0.132 e. The first-order valence-corrected chi connectivity index (χ1v) is 11.0. The maximum atomic E-state index is 14.1. The molecule has 0 bridgehead atoms. The molecule has 0 aliphatic rings. The van der Waals surface area contributed by atoms with E-state index < -0.39 is 5.82 Å². The third-order valence-corrected chi connectivity index (χ3v) is 5.41. The zero-order valence-corrected chi connectivity index (χ0v) is 18.2. The molecule has 0 fully saturated rings. The number of nitrogens with zero attached hydrogens (tertiary/aromatic N) is 2. The summed E-state index contributed by atoms with van der Waals surface area (Å²) >= 11 is 0. The Kier molecular flexibility index (Phi) is 12.6. The monoisotopic (exact) mass is 390 g/mol. The van der Waals surface area contributed by atoms with Gasteiger partial charge >= 0.3 is 0 Å². The lowest BCUT2D eigenvalue weighted by molar-refractivity contribution is 0.273. The summed E-state index contributed by atoms with van der Waals surface area (Å²) in [6.07, 6.45) is 11.0. The lowest BCUT2D eigenvalue weighted by atomic mass is 9.98. The number of unbranched alkanes of at least 4 members (excludes halogenated alkanes) is 3. The minimum absolute atomic E-state index is 0.116. The number of rotatable bonds is 16. The molecule has 0 aromatic heterocycles. The summed E-state index contributed by atoms with van der Waals surface area (Å²) in [6, 6.07) is 4.33.